The highest BCUT2D eigenvalue weighted by Crippen LogP contribution is 2.85. The molecule has 5 aliphatic rings. The molecule has 4 saturated carbocycles. The monoisotopic (exact) mass is 419 g/mol. The average molecular weight is 420 g/mol. The van der Waals surface area contributed by atoms with Crippen molar-refractivity contribution in [2.75, 3.05) is 13.1 Å². The van der Waals surface area contributed by atoms with Crippen LogP contribution in [0.2, 0.25) is 0 Å². The molecule has 0 radical (unpaired) electrons. The van der Waals surface area contributed by atoms with Gasteiger partial charge in [0.1, 0.15) is 0 Å². The summed E-state index contributed by atoms with van der Waals surface area (Å²) in [4.78, 5) is 0.455. The Morgan fingerprint density at radius 1 is 0.933 bits per heavy atom. The van der Waals surface area contributed by atoms with Gasteiger partial charge in [-0.15, -0.1) is 0 Å². The SMILES string of the molecule is Cc1ccc(S(=O)(=O)N2C[C@H]3[C@H](c4ccccc4)[C@@]3(C3[C@H]4C5CCC(C5)[C@@H]34)C2)cc1. The van der Waals surface area contributed by atoms with Gasteiger partial charge in [-0.2, -0.15) is 4.31 Å². The van der Waals surface area contributed by atoms with E-state index in [2.05, 4.69) is 30.3 Å². The zero-order valence-electron chi connectivity index (χ0n) is 17.4. The lowest BCUT2D eigenvalue weighted by Gasteiger charge is -2.26. The fourth-order valence-electron chi connectivity index (χ4n) is 8.47. The summed E-state index contributed by atoms with van der Waals surface area (Å²) in [6.45, 7) is 3.42. The Morgan fingerprint density at radius 2 is 1.60 bits per heavy atom. The summed E-state index contributed by atoms with van der Waals surface area (Å²) < 4.78 is 28.7. The Kier molecular flexibility index (Phi) is 3.46. The fraction of sp³-hybridized carbons (Fsp3) is 0.538. The molecule has 2 bridgehead atoms. The van der Waals surface area contributed by atoms with E-state index in [1.54, 1.807) is 12.1 Å². The number of hydrogen-bond acceptors (Lipinski definition) is 2. The van der Waals surface area contributed by atoms with Gasteiger partial charge >= 0.3 is 0 Å². The highest BCUT2D eigenvalue weighted by molar-refractivity contribution is 7.89. The first-order chi connectivity index (χ1) is 14.5. The van der Waals surface area contributed by atoms with Crippen LogP contribution in [-0.2, 0) is 10.0 Å². The molecule has 30 heavy (non-hydrogen) atoms. The van der Waals surface area contributed by atoms with Gasteiger partial charge in [0.2, 0.25) is 10.0 Å². The zero-order valence-corrected chi connectivity index (χ0v) is 18.3. The minimum Gasteiger partial charge on any atom is -0.207 e. The van der Waals surface area contributed by atoms with Gasteiger partial charge in [0.15, 0.2) is 0 Å². The van der Waals surface area contributed by atoms with Crippen LogP contribution in [0.3, 0.4) is 0 Å². The van der Waals surface area contributed by atoms with E-state index in [0.717, 1.165) is 41.7 Å². The first kappa shape index (κ1) is 18.0. The second-order valence-electron chi connectivity index (χ2n) is 10.7. The second-order valence-corrected chi connectivity index (χ2v) is 12.7. The Hall–Kier alpha value is -1.65. The molecule has 0 spiro atoms. The molecule has 2 aromatic carbocycles. The maximum atomic E-state index is 13.5. The Morgan fingerprint density at radius 3 is 2.27 bits per heavy atom. The van der Waals surface area contributed by atoms with Crippen molar-refractivity contribution < 1.29 is 8.42 Å². The molecule has 156 valence electrons. The van der Waals surface area contributed by atoms with Crippen LogP contribution in [0, 0.1) is 47.8 Å². The number of piperidine rings is 1. The Balaban J connectivity index is 1.24. The molecule has 3 unspecified atom stereocenters. The lowest BCUT2D eigenvalue weighted by Crippen LogP contribution is -2.34. The molecule has 4 aliphatic carbocycles. The molecule has 0 amide bonds. The zero-order chi connectivity index (χ0) is 20.3. The molecule has 1 aliphatic heterocycles. The van der Waals surface area contributed by atoms with E-state index in [9.17, 15) is 8.42 Å². The molecule has 5 fully saturated rings. The van der Waals surface area contributed by atoms with E-state index in [-0.39, 0.29) is 5.41 Å². The van der Waals surface area contributed by atoms with E-state index in [1.807, 2.05) is 23.4 Å². The van der Waals surface area contributed by atoms with E-state index in [4.69, 9.17) is 0 Å². The summed E-state index contributed by atoms with van der Waals surface area (Å²) in [7, 11) is -3.41. The van der Waals surface area contributed by atoms with Crippen LogP contribution in [-0.4, -0.2) is 25.8 Å². The van der Waals surface area contributed by atoms with Crippen molar-refractivity contribution in [3.8, 4) is 0 Å². The summed E-state index contributed by atoms with van der Waals surface area (Å²) in [5, 5.41) is 0. The normalized spacial score (nSPS) is 43.4. The van der Waals surface area contributed by atoms with Crippen molar-refractivity contribution in [3.05, 3.63) is 65.7 Å². The number of rotatable bonds is 4. The molecule has 0 N–H and O–H groups in total. The molecular formula is C26H29NO2S. The topological polar surface area (TPSA) is 37.4 Å². The van der Waals surface area contributed by atoms with E-state index >= 15 is 0 Å². The van der Waals surface area contributed by atoms with Gasteiger partial charge in [-0.25, -0.2) is 8.42 Å². The summed E-state index contributed by atoms with van der Waals surface area (Å²) in [6.07, 6.45) is 4.29. The van der Waals surface area contributed by atoms with Crippen LogP contribution in [0.25, 0.3) is 0 Å². The molecule has 7 rings (SSSR count). The van der Waals surface area contributed by atoms with Crippen molar-refractivity contribution in [3.63, 3.8) is 0 Å². The largest absolute Gasteiger partial charge is 0.243 e. The van der Waals surface area contributed by atoms with Crippen LogP contribution in [0.4, 0.5) is 0 Å². The molecular weight excluding hydrogens is 390 g/mol. The number of fused-ring (bicyclic) bond motifs is 6. The van der Waals surface area contributed by atoms with Crippen LogP contribution in [0.15, 0.2) is 59.5 Å². The highest BCUT2D eigenvalue weighted by Gasteiger charge is 2.82. The molecule has 1 saturated heterocycles. The van der Waals surface area contributed by atoms with Crippen molar-refractivity contribution in [2.45, 2.75) is 37.0 Å². The van der Waals surface area contributed by atoms with E-state index in [1.165, 1.54) is 24.8 Å². The van der Waals surface area contributed by atoms with Crippen molar-refractivity contribution in [1.82, 2.24) is 4.31 Å². The third-order valence-corrected chi connectivity index (χ3v) is 11.4. The first-order valence-electron chi connectivity index (χ1n) is 11.6. The van der Waals surface area contributed by atoms with Crippen LogP contribution >= 0.6 is 0 Å². The standard InChI is InChI=1S/C26H29NO2S/c1-16-7-11-20(12-8-16)30(28,29)27-14-21-24(17-5-3-2-4-6-17)26(21,15-27)25-22-18-9-10-19(13-18)23(22)25/h2-8,11-12,18-19,21-25H,9-10,13-15H2,1H3/t18?,19?,21-,22-,23+,24-,25?,26+/m0/s1. The maximum absolute atomic E-state index is 13.5. The van der Waals surface area contributed by atoms with E-state index in [0.29, 0.717) is 23.3 Å². The minimum atomic E-state index is -3.41. The predicted octanol–water partition coefficient (Wildman–Crippen LogP) is 4.69. The molecule has 8 atom stereocenters. The van der Waals surface area contributed by atoms with Crippen molar-refractivity contribution >= 4 is 10.0 Å². The maximum Gasteiger partial charge on any atom is 0.243 e. The van der Waals surface area contributed by atoms with Gasteiger partial charge in [-0.1, -0.05) is 48.0 Å². The second kappa shape index (κ2) is 5.77. The van der Waals surface area contributed by atoms with Crippen LogP contribution < -0.4 is 0 Å². The van der Waals surface area contributed by atoms with Gasteiger partial charge in [0.05, 0.1) is 4.90 Å². The van der Waals surface area contributed by atoms with Gasteiger partial charge in [0.25, 0.3) is 0 Å². The Labute approximate surface area is 179 Å². The lowest BCUT2D eigenvalue weighted by atomic mass is 9.86. The van der Waals surface area contributed by atoms with Gasteiger partial charge < -0.3 is 0 Å². The third kappa shape index (κ3) is 2.17. The first-order valence-corrected chi connectivity index (χ1v) is 13.1. The third-order valence-electron chi connectivity index (χ3n) is 9.59. The lowest BCUT2D eigenvalue weighted by molar-refractivity contribution is 0.296. The number of nitrogens with zero attached hydrogens (tertiary/aromatic N) is 1. The van der Waals surface area contributed by atoms with E-state index < -0.39 is 10.0 Å². The van der Waals surface area contributed by atoms with Gasteiger partial charge in [0, 0.05) is 13.1 Å². The predicted molar refractivity (Wildman–Crippen MR) is 116 cm³/mol. The molecule has 1 heterocycles. The number of hydrogen-bond donors (Lipinski definition) is 0. The molecule has 3 nitrogen and oxygen atoms in total. The summed E-state index contributed by atoms with van der Waals surface area (Å²) in [6, 6.07) is 18.3. The highest BCUT2D eigenvalue weighted by atomic mass is 32.2. The fourth-order valence-corrected chi connectivity index (χ4v) is 10.00. The summed E-state index contributed by atoms with van der Waals surface area (Å²) >= 11 is 0. The molecule has 4 heteroatoms. The smallest absolute Gasteiger partial charge is 0.207 e. The van der Waals surface area contributed by atoms with Crippen molar-refractivity contribution in [2.24, 2.45) is 40.9 Å². The quantitative estimate of drug-likeness (QED) is 0.721. The average Bonchev–Trinajstić information content (AvgIpc) is 3.42. The number of benzene rings is 2. The van der Waals surface area contributed by atoms with Crippen LogP contribution in [0.1, 0.15) is 36.3 Å². The minimum absolute atomic E-state index is 0.190. The van der Waals surface area contributed by atoms with Crippen molar-refractivity contribution in [1.29, 1.82) is 0 Å². The number of sulfonamides is 1. The molecule has 0 aromatic heterocycles. The Bertz CT molecular complexity index is 1100. The van der Waals surface area contributed by atoms with Gasteiger partial charge in [-0.05, 0) is 90.7 Å². The van der Waals surface area contributed by atoms with Gasteiger partial charge in [-0.3, -0.25) is 0 Å². The number of aryl methyl sites for hydroxylation is 1. The summed E-state index contributed by atoms with van der Waals surface area (Å²) in [5.74, 6) is 5.45. The molecule has 2 aromatic rings. The van der Waals surface area contributed by atoms with Crippen LogP contribution in [0.5, 0.6) is 0 Å². The summed E-state index contributed by atoms with van der Waals surface area (Å²) in [5.41, 5.74) is 2.72.